The van der Waals surface area contributed by atoms with Crippen LogP contribution in [0.3, 0.4) is 0 Å². The normalized spacial score (nSPS) is 14.4. The number of hydrogen-bond donors (Lipinski definition) is 0. The molecule has 0 aromatic rings. The molecule has 0 heterocycles. The molecule has 1 nitrogen and oxygen atoms in total. The van der Waals surface area contributed by atoms with Crippen molar-refractivity contribution in [1.29, 1.82) is 0 Å². The largest absolute Gasteiger partial charge is 0.430 e. The molecule has 0 N–H and O–H groups in total. The molecule has 150 valence electrons. The van der Waals surface area contributed by atoms with Crippen LogP contribution in [0.1, 0.15) is 93.4 Å². The highest BCUT2D eigenvalue weighted by molar-refractivity contribution is 6.93. The van der Waals surface area contributed by atoms with Gasteiger partial charge in [-0.25, -0.2) is 0 Å². The third-order valence-electron chi connectivity index (χ3n) is 6.85. The Morgan fingerprint density at radius 2 is 1.08 bits per heavy atom. The van der Waals surface area contributed by atoms with Crippen LogP contribution in [-0.2, 0) is 0 Å². The maximum absolute atomic E-state index is 2.91. The standard InChI is InChI=1S/C22H49NSi2/c1-12-13-14-15-16-17-18-19-20-23(24(8,9)21(2,3)4)25(10,11)22(5,6)7/h19-20H,12-18H2,1-11H3. The number of allylic oxidation sites excluding steroid dienone is 1. The minimum atomic E-state index is -1.56. The van der Waals surface area contributed by atoms with Crippen LogP contribution in [0.2, 0.25) is 36.3 Å². The van der Waals surface area contributed by atoms with Crippen LogP contribution < -0.4 is 0 Å². The summed E-state index contributed by atoms with van der Waals surface area (Å²) in [7, 11) is -3.11. The smallest absolute Gasteiger partial charge is 0.146 e. The van der Waals surface area contributed by atoms with Gasteiger partial charge in [-0.3, -0.25) is 0 Å². The summed E-state index contributed by atoms with van der Waals surface area (Å²) in [5, 5.41) is 0.764. The topological polar surface area (TPSA) is 3.24 Å². The van der Waals surface area contributed by atoms with Crippen LogP contribution in [0.4, 0.5) is 0 Å². The number of hydrogen-bond acceptors (Lipinski definition) is 1. The Morgan fingerprint density at radius 1 is 0.680 bits per heavy atom. The Kier molecular flexibility index (Phi) is 9.77. The lowest BCUT2D eigenvalue weighted by Gasteiger charge is -2.57. The van der Waals surface area contributed by atoms with Gasteiger partial charge >= 0.3 is 0 Å². The van der Waals surface area contributed by atoms with Gasteiger partial charge in [-0.15, -0.1) is 0 Å². The van der Waals surface area contributed by atoms with Crippen molar-refractivity contribution < 1.29 is 0 Å². The molecule has 25 heavy (non-hydrogen) atoms. The highest BCUT2D eigenvalue weighted by Gasteiger charge is 2.50. The lowest BCUT2D eigenvalue weighted by atomic mass is 10.1. The zero-order valence-electron chi connectivity index (χ0n) is 19.6. The van der Waals surface area contributed by atoms with Gasteiger partial charge in [0, 0.05) is 0 Å². The molecule has 0 aliphatic rings. The van der Waals surface area contributed by atoms with Crippen molar-refractivity contribution in [2.45, 2.75) is 130 Å². The van der Waals surface area contributed by atoms with E-state index in [1.54, 1.807) is 0 Å². The Bertz CT molecular complexity index is 371. The molecule has 0 unspecified atom stereocenters. The number of unbranched alkanes of at least 4 members (excludes halogenated alkanes) is 6. The van der Waals surface area contributed by atoms with E-state index in [0.717, 1.165) is 0 Å². The summed E-state index contributed by atoms with van der Waals surface area (Å²) >= 11 is 0. The SMILES string of the molecule is CCCCCCCCC=CN([Si](C)(C)C(C)(C)C)[Si](C)(C)C(C)(C)C. The van der Waals surface area contributed by atoms with Gasteiger partial charge in [-0.2, -0.15) is 0 Å². The lowest BCUT2D eigenvalue weighted by molar-refractivity contribution is 0.592. The zero-order chi connectivity index (χ0) is 19.9. The summed E-state index contributed by atoms with van der Waals surface area (Å²) < 4.78 is 2.91. The molecule has 0 aromatic carbocycles. The van der Waals surface area contributed by atoms with Gasteiger partial charge in [-0.1, -0.05) is 113 Å². The van der Waals surface area contributed by atoms with Crippen LogP contribution in [0.25, 0.3) is 0 Å². The number of nitrogens with zero attached hydrogens (tertiary/aromatic N) is 1. The van der Waals surface area contributed by atoms with Crippen molar-refractivity contribution >= 4 is 16.5 Å². The average Bonchev–Trinajstić information content (AvgIpc) is 2.42. The first-order valence-corrected chi connectivity index (χ1v) is 16.5. The van der Waals surface area contributed by atoms with Gasteiger partial charge in [0.05, 0.1) is 0 Å². The van der Waals surface area contributed by atoms with Crippen molar-refractivity contribution in [3.8, 4) is 0 Å². The van der Waals surface area contributed by atoms with Crippen LogP contribution in [-0.4, -0.2) is 20.7 Å². The summed E-state index contributed by atoms with van der Waals surface area (Å²) in [5.41, 5.74) is 0. The first-order valence-electron chi connectivity index (χ1n) is 10.7. The summed E-state index contributed by atoms with van der Waals surface area (Å²) in [6.45, 7) is 27.3. The molecule has 3 heteroatoms. The maximum Gasteiger partial charge on any atom is 0.146 e. The quantitative estimate of drug-likeness (QED) is 0.270. The van der Waals surface area contributed by atoms with Crippen molar-refractivity contribution in [2.75, 3.05) is 0 Å². The number of rotatable bonds is 10. The van der Waals surface area contributed by atoms with Crippen molar-refractivity contribution in [3.05, 3.63) is 12.3 Å². The Hall–Kier alpha value is -0.0262. The highest BCUT2D eigenvalue weighted by atomic mass is 28.4. The van der Waals surface area contributed by atoms with Crippen molar-refractivity contribution in [2.24, 2.45) is 0 Å². The Balaban J connectivity index is 5.10. The second-order valence-corrected chi connectivity index (χ2v) is 21.6. The fraction of sp³-hybridized carbons (Fsp3) is 0.909. The third-order valence-corrected chi connectivity index (χ3v) is 20.3. The van der Waals surface area contributed by atoms with E-state index in [1.165, 1.54) is 44.9 Å². The van der Waals surface area contributed by atoms with Gasteiger partial charge in [0.2, 0.25) is 0 Å². The Morgan fingerprint density at radius 3 is 1.48 bits per heavy atom. The van der Waals surface area contributed by atoms with E-state index in [1.807, 2.05) is 0 Å². The monoisotopic (exact) mass is 383 g/mol. The first kappa shape index (κ1) is 25.0. The molecule has 0 fully saturated rings. The van der Waals surface area contributed by atoms with Crippen molar-refractivity contribution in [3.63, 3.8) is 0 Å². The van der Waals surface area contributed by atoms with Gasteiger partial charge in [0.1, 0.15) is 16.5 Å². The minimum Gasteiger partial charge on any atom is -0.430 e. The molecule has 0 aromatic heterocycles. The molecule has 0 radical (unpaired) electrons. The van der Waals surface area contributed by atoms with E-state index in [2.05, 4.69) is 91.2 Å². The predicted octanol–water partition coefficient (Wildman–Crippen LogP) is 8.56. The maximum atomic E-state index is 2.91. The molecular formula is C22H49NSi2. The van der Waals surface area contributed by atoms with Gasteiger partial charge < -0.3 is 4.23 Å². The molecular weight excluding hydrogens is 334 g/mol. The highest BCUT2D eigenvalue weighted by Crippen LogP contribution is 2.47. The molecule has 0 saturated heterocycles. The molecule has 0 atom stereocenters. The van der Waals surface area contributed by atoms with E-state index in [-0.39, 0.29) is 0 Å². The van der Waals surface area contributed by atoms with Crippen LogP contribution >= 0.6 is 0 Å². The molecule has 0 aliphatic heterocycles. The van der Waals surface area contributed by atoms with E-state index >= 15 is 0 Å². The van der Waals surface area contributed by atoms with Crippen LogP contribution in [0.5, 0.6) is 0 Å². The fourth-order valence-corrected chi connectivity index (χ4v) is 13.0. The van der Waals surface area contributed by atoms with Gasteiger partial charge in [-0.05, 0) is 29.1 Å². The first-order chi connectivity index (χ1) is 11.2. The molecule has 0 aliphatic carbocycles. The Labute approximate surface area is 162 Å². The summed E-state index contributed by atoms with van der Waals surface area (Å²) in [4.78, 5) is 0. The van der Waals surface area contributed by atoms with Gasteiger partial charge in [0.15, 0.2) is 0 Å². The van der Waals surface area contributed by atoms with E-state index in [4.69, 9.17) is 0 Å². The molecule has 0 amide bonds. The zero-order valence-corrected chi connectivity index (χ0v) is 21.6. The second-order valence-electron chi connectivity index (χ2n) is 10.9. The third kappa shape index (κ3) is 7.24. The van der Waals surface area contributed by atoms with Crippen LogP contribution in [0, 0.1) is 0 Å². The molecule has 0 bridgehead atoms. The summed E-state index contributed by atoms with van der Waals surface area (Å²) in [6.07, 6.45) is 14.6. The summed E-state index contributed by atoms with van der Waals surface area (Å²) in [5.74, 6) is 0. The fourth-order valence-electron chi connectivity index (χ4n) is 3.02. The summed E-state index contributed by atoms with van der Waals surface area (Å²) in [6, 6.07) is 0. The molecule has 0 spiro atoms. The van der Waals surface area contributed by atoms with E-state index in [0.29, 0.717) is 10.1 Å². The predicted molar refractivity (Wildman–Crippen MR) is 123 cm³/mol. The average molecular weight is 384 g/mol. The molecule has 0 rings (SSSR count). The minimum absolute atomic E-state index is 0.382. The van der Waals surface area contributed by atoms with Crippen molar-refractivity contribution in [1.82, 2.24) is 4.23 Å². The second kappa shape index (κ2) is 9.78. The lowest BCUT2D eigenvalue weighted by Crippen LogP contribution is -2.66. The molecule has 0 saturated carbocycles. The van der Waals surface area contributed by atoms with Gasteiger partial charge in [0.25, 0.3) is 0 Å². The van der Waals surface area contributed by atoms with E-state index < -0.39 is 16.5 Å². The van der Waals surface area contributed by atoms with Crippen LogP contribution in [0.15, 0.2) is 12.3 Å². The van der Waals surface area contributed by atoms with E-state index in [9.17, 15) is 0 Å².